The minimum Gasteiger partial charge on any atom is -0.390 e. The highest BCUT2D eigenvalue weighted by molar-refractivity contribution is 5.94. The van der Waals surface area contributed by atoms with E-state index in [1.165, 1.54) is 6.42 Å². The van der Waals surface area contributed by atoms with Crippen molar-refractivity contribution in [2.75, 3.05) is 6.54 Å². The molecule has 4 atom stereocenters. The number of carbonyl (C=O) groups excluding carboxylic acids is 2. The van der Waals surface area contributed by atoms with E-state index in [1.54, 1.807) is 13.8 Å². The summed E-state index contributed by atoms with van der Waals surface area (Å²) in [6.45, 7) is 3.79. The summed E-state index contributed by atoms with van der Waals surface area (Å²) in [7, 11) is 0. The number of hydrogen-bond acceptors (Lipinski definition) is 4. The lowest BCUT2D eigenvalue weighted by Crippen LogP contribution is -2.51. The second-order valence-electron chi connectivity index (χ2n) is 8.48. The van der Waals surface area contributed by atoms with Gasteiger partial charge in [0.2, 0.25) is 5.91 Å². The van der Waals surface area contributed by atoms with Crippen molar-refractivity contribution in [2.45, 2.75) is 63.5 Å². The predicted molar refractivity (Wildman–Crippen MR) is 91.0 cm³/mol. The minimum absolute atomic E-state index is 0.0766. The summed E-state index contributed by atoms with van der Waals surface area (Å²) in [6, 6.07) is 0.0766. The zero-order valence-electron chi connectivity index (χ0n) is 14.8. The average Bonchev–Trinajstić information content (AvgIpc) is 2.97. The topological polar surface area (TPSA) is 107 Å². The summed E-state index contributed by atoms with van der Waals surface area (Å²) >= 11 is 0. The van der Waals surface area contributed by atoms with Crippen molar-refractivity contribution in [2.24, 2.45) is 11.8 Å². The van der Waals surface area contributed by atoms with E-state index in [0.29, 0.717) is 18.2 Å². The fourth-order valence-corrected chi connectivity index (χ4v) is 4.13. The van der Waals surface area contributed by atoms with E-state index in [9.17, 15) is 14.7 Å². The lowest BCUT2D eigenvalue weighted by Gasteiger charge is -2.37. The van der Waals surface area contributed by atoms with Gasteiger partial charge < -0.3 is 15.7 Å². The number of aliphatic hydroxyl groups is 1. The highest BCUT2D eigenvalue weighted by atomic mass is 16.3. The second kappa shape index (κ2) is 5.83. The average molecular weight is 346 g/mol. The van der Waals surface area contributed by atoms with E-state index in [0.717, 1.165) is 36.4 Å². The van der Waals surface area contributed by atoms with Gasteiger partial charge in [0.1, 0.15) is 0 Å². The number of nitrogens with zero attached hydrogens (tertiary/aromatic N) is 1. The first-order chi connectivity index (χ1) is 11.8. The van der Waals surface area contributed by atoms with Crippen LogP contribution in [0.4, 0.5) is 0 Å². The maximum absolute atomic E-state index is 12.4. The molecule has 1 aromatic heterocycles. The Morgan fingerprint density at radius 1 is 1.36 bits per heavy atom. The Kier molecular flexibility index (Phi) is 3.86. The van der Waals surface area contributed by atoms with Crippen molar-refractivity contribution >= 4 is 11.8 Å². The normalized spacial score (nSPS) is 29.4. The van der Waals surface area contributed by atoms with Crippen LogP contribution in [0.25, 0.3) is 0 Å². The number of hydrogen-bond donors (Lipinski definition) is 4. The number of amides is 2. The molecule has 25 heavy (non-hydrogen) atoms. The predicted octanol–water partition coefficient (Wildman–Crippen LogP) is 0.855. The number of aromatic amines is 1. The van der Waals surface area contributed by atoms with Crippen molar-refractivity contribution in [3.63, 3.8) is 0 Å². The summed E-state index contributed by atoms with van der Waals surface area (Å²) in [5.74, 6) is 1.31. The third kappa shape index (κ3) is 3.29. The molecule has 136 valence electrons. The van der Waals surface area contributed by atoms with E-state index in [1.807, 2.05) is 0 Å². The fourth-order valence-electron chi connectivity index (χ4n) is 4.13. The van der Waals surface area contributed by atoms with Crippen LogP contribution < -0.4 is 10.6 Å². The van der Waals surface area contributed by atoms with E-state index >= 15 is 0 Å². The van der Waals surface area contributed by atoms with Crippen LogP contribution in [0.1, 0.15) is 67.2 Å². The van der Waals surface area contributed by atoms with Gasteiger partial charge in [-0.05, 0) is 51.4 Å². The molecule has 4 rings (SSSR count). The van der Waals surface area contributed by atoms with Gasteiger partial charge >= 0.3 is 0 Å². The van der Waals surface area contributed by atoms with Gasteiger partial charge in [-0.25, -0.2) is 0 Å². The summed E-state index contributed by atoms with van der Waals surface area (Å²) in [5.41, 5.74) is 1.81. The van der Waals surface area contributed by atoms with Gasteiger partial charge in [0, 0.05) is 29.8 Å². The summed E-state index contributed by atoms with van der Waals surface area (Å²) < 4.78 is 0. The fraction of sp³-hybridized carbons (Fsp3) is 0.722. The molecule has 3 aliphatic carbocycles. The van der Waals surface area contributed by atoms with E-state index < -0.39 is 5.60 Å². The molecule has 2 saturated carbocycles. The number of H-pyrrole nitrogens is 1. The molecule has 7 nitrogen and oxygen atoms in total. The molecule has 0 aliphatic heterocycles. The molecule has 0 aromatic carbocycles. The van der Waals surface area contributed by atoms with Gasteiger partial charge in [-0.1, -0.05) is 0 Å². The molecule has 1 heterocycles. The molecule has 2 amide bonds. The first-order valence-electron chi connectivity index (χ1n) is 9.19. The van der Waals surface area contributed by atoms with E-state index in [-0.39, 0.29) is 30.2 Å². The third-order valence-electron chi connectivity index (χ3n) is 5.76. The number of fused-ring (bicyclic) bond motifs is 3. The lowest BCUT2D eigenvalue weighted by molar-refractivity contribution is -0.126. The first kappa shape index (κ1) is 16.6. The Morgan fingerprint density at radius 3 is 2.84 bits per heavy atom. The molecule has 4 N–H and O–H groups in total. The molecule has 7 heteroatoms. The van der Waals surface area contributed by atoms with Gasteiger partial charge in [-0.15, -0.1) is 0 Å². The Labute approximate surface area is 147 Å². The van der Waals surface area contributed by atoms with Gasteiger partial charge in [-0.2, -0.15) is 5.10 Å². The molecule has 0 radical (unpaired) electrons. The highest BCUT2D eigenvalue weighted by Gasteiger charge is 2.48. The molecule has 0 spiro atoms. The molecule has 0 unspecified atom stereocenters. The zero-order chi connectivity index (χ0) is 17.8. The van der Waals surface area contributed by atoms with Crippen LogP contribution in [-0.2, 0) is 11.2 Å². The van der Waals surface area contributed by atoms with Crippen LogP contribution in [0.15, 0.2) is 0 Å². The minimum atomic E-state index is -1.00. The van der Waals surface area contributed by atoms with Gasteiger partial charge in [0.15, 0.2) is 5.69 Å². The number of aromatic nitrogens is 2. The van der Waals surface area contributed by atoms with Crippen molar-refractivity contribution in [1.82, 2.24) is 20.8 Å². The summed E-state index contributed by atoms with van der Waals surface area (Å²) in [4.78, 5) is 24.4. The summed E-state index contributed by atoms with van der Waals surface area (Å²) in [5, 5.41) is 22.9. The lowest BCUT2D eigenvalue weighted by atomic mass is 9.79. The van der Waals surface area contributed by atoms with Crippen LogP contribution in [-0.4, -0.2) is 45.3 Å². The molecule has 0 bridgehead atoms. The highest BCUT2D eigenvalue weighted by Crippen LogP contribution is 2.55. The molecular formula is C18H26N4O3. The van der Waals surface area contributed by atoms with Crippen molar-refractivity contribution in [3.05, 3.63) is 17.0 Å². The van der Waals surface area contributed by atoms with Crippen molar-refractivity contribution < 1.29 is 14.7 Å². The van der Waals surface area contributed by atoms with Gasteiger partial charge in [0.05, 0.1) is 12.0 Å². The monoisotopic (exact) mass is 346 g/mol. The van der Waals surface area contributed by atoms with E-state index in [2.05, 4.69) is 20.8 Å². The molecule has 0 saturated heterocycles. The molecule has 1 aromatic rings. The maximum atomic E-state index is 12.4. The quantitative estimate of drug-likeness (QED) is 0.613. The largest absolute Gasteiger partial charge is 0.390 e. The van der Waals surface area contributed by atoms with Gasteiger partial charge in [0.25, 0.3) is 5.91 Å². The molecular weight excluding hydrogens is 320 g/mol. The first-order valence-corrected chi connectivity index (χ1v) is 9.19. The number of nitrogens with one attached hydrogen (secondary N) is 3. The van der Waals surface area contributed by atoms with E-state index in [4.69, 9.17) is 0 Å². The SMILES string of the molecule is CC(C)(O)CC(=O)N[C@@H]1CC[C@H]1CNC(=O)c1n[nH]c2c1C[C@H]1C[C@@H]21. The number of carbonyl (C=O) groups is 2. The zero-order valence-corrected chi connectivity index (χ0v) is 14.8. The van der Waals surface area contributed by atoms with Crippen LogP contribution in [0.2, 0.25) is 0 Å². The van der Waals surface area contributed by atoms with Crippen molar-refractivity contribution in [3.8, 4) is 0 Å². The Morgan fingerprint density at radius 2 is 2.16 bits per heavy atom. The molecule has 3 aliphatic rings. The van der Waals surface area contributed by atoms with Crippen LogP contribution >= 0.6 is 0 Å². The van der Waals surface area contributed by atoms with Crippen LogP contribution in [0, 0.1) is 11.8 Å². The molecule has 2 fully saturated rings. The Bertz CT molecular complexity index is 706. The van der Waals surface area contributed by atoms with Crippen LogP contribution in [0.5, 0.6) is 0 Å². The summed E-state index contributed by atoms with van der Waals surface area (Å²) in [6.07, 6.45) is 4.18. The number of rotatable bonds is 6. The smallest absolute Gasteiger partial charge is 0.272 e. The van der Waals surface area contributed by atoms with Gasteiger partial charge in [-0.3, -0.25) is 14.7 Å². The Hall–Kier alpha value is -1.89. The Balaban J connectivity index is 1.27. The van der Waals surface area contributed by atoms with Crippen LogP contribution in [0.3, 0.4) is 0 Å². The third-order valence-corrected chi connectivity index (χ3v) is 5.76. The maximum Gasteiger partial charge on any atom is 0.272 e. The second-order valence-corrected chi connectivity index (χ2v) is 8.48. The standard InChI is InChI=1S/C18H26N4O3/c1-18(2,25)7-14(23)20-13-4-3-9(13)8-19-17(24)16-12-6-10-5-11(10)15(12)21-22-16/h9-11,13,25H,3-8H2,1-2H3,(H,19,24)(H,20,23)(H,21,22)/t9-,10+,11+,13+/m0/s1. The van der Waals surface area contributed by atoms with Crippen molar-refractivity contribution in [1.29, 1.82) is 0 Å².